The molecule has 2 aliphatic heterocycles. The predicted molar refractivity (Wildman–Crippen MR) is 137 cm³/mol. The third-order valence-corrected chi connectivity index (χ3v) is 6.60. The second-order valence-corrected chi connectivity index (χ2v) is 9.17. The number of piperazine rings is 1. The Labute approximate surface area is 207 Å². The number of benzene rings is 2. The van der Waals surface area contributed by atoms with Crippen LogP contribution in [0.25, 0.3) is 0 Å². The van der Waals surface area contributed by atoms with Gasteiger partial charge in [-0.15, -0.1) is 0 Å². The van der Waals surface area contributed by atoms with Gasteiger partial charge in [0.2, 0.25) is 0 Å². The number of nitrogens with zero attached hydrogens (tertiary/aromatic N) is 4. The van der Waals surface area contributed by atoms with Crippen molar-refractivity contribution >= 4 is 5.82 Å². The average Bonchev–Trinajstić information content (AvgIpc) is 3.10. The van der Waals surface area contributed by atoms with Crippen LogP contribution in [0, 0.1) is 0 Å². The van der Waals surface area contributed by atoms with Gasteiger partial charge in [-0.1, -0.05) is 24.3 Å². The molecule has 0 unspecified atom stereocenters. The molecule has 1 fully saturated rings. The van der Waals surface area contributed by atoms with E-state index >= 15 is 0 Å². The lowest BCUT2D eigenvalue weighted by atomic mass is 10.1. The summed E-state index contributed by atoms with van der Waals surface area (Å²) in [7, 11) is 0. The maximum absolute atomic E-state index is 9.01. The lowest BCUT2D eigenvalue weighted by Gasteiger charge is -2.35. The van der Waals surface area contributed by atoms with Crippen LogP contribution < -0.4 is 14.4 Å². The first kappa shape index (κ1) is 23.6. The van der Waals surface area contributed by atoms with Gasteiger partial charge in [0.1, 0.15) is 30.5 Å². The van der Waals surface area contributed by atoms with Gasteiger partial charge in [0.25, 0.3) is 0 Å². The van der Waals surface area contributed by atoms with Gasteiger partial charge in [0, 0.05) is 64.1 Å². The Morgan fingerprint density at radius 1 is 0.857 bits per heavy atom. The van der Waals surface area contributed by atoms with Gasteiger partial charge in [-0.25, -0.2) is 4.98 Å². The summed E-state index contributed by atoms with van der Waals surface area (Å²) in [5.41, 5.74) is 3.78. The molecule has 0 aliphatic carbocycles. The summed E-state index contributed by atoms with van der Waals surface area (Å²) in [6, 6.07) is 20.9. The topological polar surface area (TPSA) is 61.3 Å². The number of aromatic nitrogens is 1. The highest BCUT2D eigenvalue weighted by molar-refractivity contribution is 5.39. The van der Waals surface area contributed by atoms with Gasteiger partial charge >= 0.3 is 0 Å². The maximum Gasteiger partial charge on any atom is 0.128 e. The standard InChI is InChI=1S/C28H34N4O3/c33-15-17-34-26-5-3-4-23(19-26)21-31-14-16-35-27-8-7-24(18-25(27)22-31)20-30-10-12-32(13-11-30)28-6-1-2-9-29-28/h1-9,18-19,33H,10-17,20-22H2. The first-order chi connectivity index (χ1) is 17.3. The normalized spacial score (nSPS) is 16.9. The van der Waals surface area contributed by atoms with E-state index in [0.29, 0.717) is 13.2 Å². The van der Waals surface area contributed by atoms with E-state index in [1.54, 1.807) is 0 Å². The molecule has 35 heavy (non-hydrogen) atoms. The minimum atomic E-state index is 0.0206. The molecule has 7 heteroatoms. The Balaban J connectivity index is 1.19. The van der Waals surface area contributed by atoms with Crippen LogP contribution in [0.4, 0.5) is 5.82 Å². The van der Waals surface area contributed by atoms with Gasteiger partial charge in [0.05, 0.1) is 6.61 Å². The van der Waals surface area contributed by atoms with Crippen molar-refractivity contribution in [2.75, 3.05) is 57.4 Å². The Morgan fingerprint density at radius 2 is 1.71 bits per heavy atom. The van der Waals surface area contributed by atoms with Gasteiger partial charge in [0.15, 0.2) is 0 Å². The second-order valence-electron chi connectivity index (χ2n) is 9.17. The summed E-state index contributed by atoms with van der Waals surface area (Å²) in [5, 5.41) is 9.01. The van der Waals surface area contributed by atoms with Gasteiger partial charge in [-0.05, 0) is 47.5 Å². The fraction of sp³-hybridized carbons (Fsp3) is 0.393. The molecular weight excluding hydrogens is 440 g/mol. The van der Waals surface area contributed by atoms with Crippen LogP contribution in [-0.2, 0) is 19.6 Å². The van der Waals surface area contributed by atoms with Crippen molar-refractivity contribution in [1.82, 2.24) is 14.8 Å². The van der Waals surface area contributed by atoms with Crippen LogP contribution in [-0.4, -0.2) is 72.4 Å². The molecular formula is C28H34N4O3. The van der Waals surface area contributed by atoms with E-state index in [4.69, 9.17) is 14.6 Å². The predicted octanol–water partition coefficient (Wildman–Crippen LogP) is 3.17. The number of rotatable bonds is 8. The summed E-state index contributed by atoms with van der Waals surface area (Å²) in [6.07, 6.45) is 1.87. The van der Waals surface area contributed by atoms with Crippen LogP contribution in [0.2, 0.25) is 0 Å². The van der Waals surface area contributed by atoms with E-state index in [9.17, 15) is 0 Å². The molecule has 0 bridgehead atoms. The third-order valence-electron chi connectivity index (χ3n) is 6.60. The van der Waals surface area contributed by atoms with E-state index in [0.717, 1.165) is 69.7 Å². The van der Waals surface area contributed by atoms with Crippen LogP contribution >= 0.6 is 0 Å². The van der Waals surface area contributed by atoms with E-state index < -0.39 is 0 Å². The first-order valence-electron chi connectivity index (χ1n) is 12.4. The smallest absolute Gasteiger partial charge is 0.128 e. The fourth-order valence-electron chi connectivity index (χ4n) is 4.82. The second kappa shape index (κ2) is 11.5. The fourth-order valence-corrected chi connectivity index (χ4v) is 4.82. The van der Waals surface area contributed by atoms with E-state index in [1.807, 2.05) is 24.4 Å². The number of hydrogen-bond acceptors (Lipinski definition) is 7. The summed E-state index contributed by atoms with van der Waals surface area (Å²) in [6.45, 7) is 8.60. The molecule has 2 aliphatic rings. The minimum absolute atomic E-state index is 0.0206. The zero-order valence-corrected chi connectivity index (χ0v) is 20.2. The van der Waals surface area contributed by atoms with E-state index in [2.05, 4.69) is 62.1 Å². The van der Waals surface area contributed by atoms with Crippen molar-refractivity contribution < 1.29 is 14.6 Å². The van der Waals surface area contributed by atoms with E-state index in [1.165, 1.54) is 16.7 Å². The highest BCUT2D eigenvalue weighted by atomic mass is 16.5. The van der Waals surface area contributed by atoms with Crippen molar-refractivity contribution in [1.29, 1.82) is 0 Å². The number of hydrogen-bond donors (Lipinski definition) is 1. The molecule has 1 aromatic heterocycles. The highest BCUT2D eigenvalue weighted by Crippen LogP contribution is 2.27. The molecule has 184 valence electrons. The summed E-state index contributed by atoms with van der Waals surface area (Å²) < 4.78 is 11.7. The number of aliphatic hydroxyl groups is 1. The van der Waals surface area contributed by atoms with Crippen molar-refractivity contribution in [3.05, 3.63) is 83.6 Å². The number of anilines is 1. The lowest BCUT2D eigenvalue weighted by Crippen LogP contribution is -2.46. The largest absolute Gasteiger partial charge is 0.492 e. The number of pyridine rings is 1. The van der Waals surface area contributed by atoms with Crippen LogP contribution in [0.5, 0.6) is 11.5 Å². The Kier molecular flexibility index (Phi) is 7.78. The Bertz CT molecular complexity index is 1090. The molecule has 0 atom stereocenters. The van der Waals surface area contributed by atoms with Crippen molar-refractivity contribution in [3.8, 4) is 11.5 Å². The molecule has 7 nitrogen and oxygen atoms in total. The monoisotopic (exact) mass is 474 g/mol. The Morgan fingerprint density at radius 3 is 2.54 bits per heavy atom. The zero-order chi connectivity index (χ0) is 23.9. The van der Waals surface area contributed by atoms with Crippen molar-refractivity contribution in [2.24, 2.45) is 0 Å². The molecule has 0 saturated carbocycles. The summed E-state index contributed by atoms with van der Waals surface area (Å²) in [5.74, 6) is 2.87. The highest BCUT2D eigenvalue weighted by Gasteiger charge is 2.20. The van der Waals surface area contributed by atoms with Crippen LogP contribution in [0.1, 0.15) is 16.7 Å². The number of ether oxygens (including phenoxy) is 2. The summed E-state index contributed by atoms with van der Waals surface area (Å²) >= 11 is 0. The number of aliphatic hydroxyl groups excluding tert-OH is 1. The molecule has 2 aromatic carbocycles. The quantitative estimate of drug-likeness (QED) is 0.538. The average molecular weight is 475 g/mol. The molecule has 1 N–H and O–H groups in total. The molecule has 3 heterocycles. The van der Waals surface area contributed by atoms with Crippen molar-refractivity contribution in [2.45, 2.75) is 19.6 Å². The number of fused-ring (bicyclic) bond motifs is 1. The van der Waals surface area contributed by atoms with Crippen LogP contribution in [0.3, 0.4) is 0 Å². The Hall–Kier alpha value is -3.13. The molecule has 0 amide bonds. The van der Waals surface area contributed by atoms with Gasteiger partial charge in [-0.3, -0.25) is 9.80 Å². The first-order valence-corrected chi connectivity index (χ1v) is 12.4. The molecule has 1 saturated heterocycles. The third kappa shape index (κ3) is 6.31. The molecule has 5 rings (SSSR count). The minimum Gasteiger partial charge on any atom is -0.492 e. The molecule has 3 aromatic rings. The zero-order valence-electron chi connectivity index (χ0n) is 20.2. The maximum atomic E-state index is 9.01. The summed E-state index contributed by atoms with van der Waals surface area (Å²) in [4.78, 5) is 11.8. The van der Waals surface area contributed by atoms with E-state index in [-0.39, 0.29) is 6.61 Å². The van der Waals surface area contributed by atoms with Gasteiger partial charge < -0.3 is 19.5 Å². The van der Waals surface area contributed by atoms with Crippen molar-refractivity contribution in [3.63, 3.8) is 0 Å². The SMILES string of the molecule is OCCOc1cccc(CN2CCOc3ccc(CN4CCN(c5ccccn5)CC4)cc3C2)c1. The van der Waals surface area contributed by atoms with Gasteiger partial charge in [-0.2, -0.15) is 0 Å². The molecule has 0 radical (unpaired) electrons. The molecule has 0 spiro atoms. The van der Waals surface area contributed by atoms with Crippen LogP contribution in [0.15, 0.2) is 66.9 Å². The lowest BCUT2D eigenvalue weighted by molar-refractivity contribution is 0.200.